The maximum absolute atomic E-state index is 11.3. The highest BCUT2D eigenvalue weighted by atomic mass is 16.4. The van der Waals surface area contributed by atoms with Crippen LogP contribution in [0, 0.1) is 0 Å². The van der Waals surface area contributed by atoms with Crippen LogP contribution in [0.5, 0.6) is 0 Å². The van der Waals surface area contributed by atoms with Crippen LogP contribution >= 0.6 is 0 Å². The molecule has 0 bridgehead atoms. The summed E-state index contributed by atoms with van der Waals surface area (Å²) in [5.74, 6) is -2.43. The van der Waals surface area contributed by atoms with Crippen molar-refractivity contribution in [3.63, 3.8) is 0 Å². The summed E-state index contributed by atoms with van der Waals surface area (Å²) in [5, 5.41) is 25.7. The Labute approximate surface area is 113 Å². The number of nitrogens with zero attached hydrogens (tertiary/aromatic N) is 4. The van der Waals surface area contributed by atoms with Crippen LogP contribution in [0.2, 0.25) is 0 Å². The Balaban J connectivity index is 2.73. The Morgan fingerprint density at radius 2 is 2.00 bits per heavy atom. The molecular formula is C12H12N4O4. The minimum absolute atomic E-state index is 0.109. The quantitative estimate of drug-likeness (QED) is 0.849. The first kappa shape index (κ1) is 13.7. The maximum Gasteiger partial charge on any atom is 0.358 e. The lowest BCUT2D eigenvalue weighted by Gasteiger charge is -2.21. The molecule has 0 aromatic carbocycles. The molecule has 0 radical (unpaired) electrons. The number of aliphatic carboxylic acids is 1. The van der Waals surface area contributed by atoms with Gasteiger partial charge in [0.1, 0.15) is 5.69 Å². The topological polar surface area (TPSA) is 118 Å². The monoisotopic (exact) mass is 276 g/mol. The van der Waals surface area contributed by atoms with Gasteiger partial charge < -0.3 is 10.2 Å². The molecule has 0 atom stereocenters. The molecule has 0 fully saturated rings. The number of carboxylic acid groups (broad SMARTS) is 2. The van der Waals surface area contributed by atoms with E-state index < -0.39 is 17.5 Å². The van der Waals surface area contributed by atoms with Gasteiger partial charge in [0.2, 0.25) is 0 Å². The van der Waals surface area contributed by atoms with E-state index in [9.17, 15) is 14.7 Å². The molecular weight excluding hydrogens is 264 g/mol. The summed E-state index contributed by atoms with van der Waals surface area (Å²) in [6.07, 6.45) is 2.96. The van der Waals surface area contributed by atoms with Gasteiger partial charge in [-0.05, 0) is 26.0 Å². The van der Waals surface area contributed by atoms with E-state index in [0.717, 1.165) is 4.68 Å². The van der Waals surface area contributed by atoms with Crippen LogP contribution in [-0.4, -0.2) is 42.1 Å². The van der Waals surface area contributed by atoms with Crippen molar-refractivity contribution in [1.29, 1.82) is 0 Å². The van der Waals surface area contributed by atoms with Gasteiger partial charge in [0.15, 0.2) is 11.2 Å². The molecule has 0 unspecified atom stereocenters. The minimum Gasteiger partial charge on any atom is -0.479 e. The molecule has 0 saturated carbocycles. The molecule has 0 aliphatic carbocycles. The molecule has 0 aliphatic rings. The Kier molecular flexibility index (Phi) is 3.23. The van der Waals surface area contributed by atoms with Crippen molar-refractivity contribution in [2.45, 2.75) is 19.4 Å². The summed E-state index contributed by atoms with van der Waals surface area (Å²) in [6.45, 7) is 2.82. The predicted molar refractivity (Wildman–Crippen MR) is 67.2 cm³/mol. The van der Waals surface area contributed by atoms with Gasteiger partial charge >= 0.3 is 11.9 Å². The summed E-state index contributed by atoms with van der Waals surface area (Å²) in [4.78, 5) is 26.5. The average molecular weight is 276 g/mol. The number of carbonyl (C=O) groups is 2. The molecule has 2 rings (SSSR count). The first-order valence-corrected chi connectivity index (χ1v) is 5.69. The second-order valence-corrected chi connectivity index (χ2v) is 4.61. The lowest BCUT2D eigenvalue weighted by molar-refractivity contribution is -0.146. The number of carboxylic acids is 2. The lowest BCUT2D eigenvalue weighted by atomic mass is 10.0. The normalized spacial score (nSPS) is 11.3. The molecule has 20 heavy (non-hydrogen) atoms. The first-order chi connectivity index (χ1) is 9.35. The van der Waals surface area contributed by atoms with Crippen molar-refractivity contribution in [2.75, 3.05) is 0 Å². The Morgan fingerprint density at radius 1 is 1.30 bits per heavy atom. The molecule has 0 aliphatic heterocycles. The van der Waals surface area contributed by atoms with E-state index in [1.165, 1.54) is 26.2 Å². The Morgan fingerprint density at radius 3 is 2.50 bits per heavy atom. The SMILES string of the molecule is CC(C)(C(=O)O)n1nnc(C(=O)O)c1-c1cccnc1. The van der Waals surface area contributed by atoms with Crippen LogP contribution in [0.25, 0.3) is 11.3 Å². The zero-order valence-electron chi connectivity index (χ0n) is 10.8. The summed E-state index contributed by atoms with van der Waals surface area (Å²) in [7, 11) is 0. The molecule has 2 aromatic rings. The van der Waals surface area contributed by atoms with Crippen LogP contribution < -0.4 is 0 Å². The fraction of sp³-hybridized carbons (Fsp3) is 0.250. The molecule has 0 amide bonds. The fourth-order valence-electron chi connectivity index (χ4n) is 1.67. The minimum atomic E-state index is -1.44. The van der Waals surface area contributed by atoms with E-state index in [4.69, 9.17) is 5.11 Å². The molecule has 8 nitrogen and oxygen atoms in total. The van der Waals surface area contributed by atoms with Crippen molar-refractivity contribution in [1.82, 2.24) is 20.0 Å². The highest BCUT2D eigenvalue weighted by Crippen LogP contribution is 2.27. The maximum atomic E-state index is 11.3. The number of hydrogen-bond donors (Lipinski definition) is 2. The van der Waals surface area contributed by atoms with Crippen LogP contribution in [-0.2, 0) is 10.3 Å². The number of rotatable bonds is 4. The van der Waals surface area contributed by atoms with Crippen molar-refractivity contribution in [3.8, 4) is 11.3 Å². The number of aromatic carboxylic acids is 1. The first-order valence-electron chi connectivity index (χ1n) is 5.69. The van der Waals surface area contributed by atoms with Gasteiger partial charge in [0.25, 0.3) is 0 Å². The van der Waals surface area contributed by atoms with Crippen molar-refractivity contribution in [2.24, 2.45) is 0 Å². The van der Waals surface area contributed by atoms with E-state index in [-0.39, 0.29) is 11.4 Å². The van der Waals surface area contributed by atoms with Gasteiger partial charge in [0.05, 0.1) is 0 Å². The zero-order chi connectivity index (χ0) is 14.9. The second kappa shape index (κ2) is 4.72. The molecule has 0 spiro atoms. The van der Waals surface area contributed by atoms with E-state index in [2.05, 4.69) is 15.3 Å². The number of aromatic nitrogens is 4. The van der Waals surface area contributed by atoms with Gasteiger partial charge in [-0.25, -0.2) is 14.3 Å². The van der Waals surface area contributed by atoms with Gasteiger partial charge in [-0.15, -0.1) is 5.10 Å². The lowest BCUT2D eigenvalue weighted by Crippen LogP contribution is -2.37. The molecule has 104 valence electrons. The third kappa shape index (κ3) is 2.11. The largest absolute Gasteiger partial charge is 0.479 e. The third-order valence-electron chi connectivity index (χ3n) is 2.86. The van der Waals surface area contributed by atoms with Crippen molar-refractivity contribution >= 4 is 11.9 Å². The van der Waals surface area contributed by atoms with Crippen LogP contribution in [0.4, 0.5) is 0 Å². The standard InChI is InChI=1S/C12H12N4O4/c1-12(2,11(19)20)16-9(7-4-3-5-13-6-7)8(10(17)18)14-15-16/h3-6H,1-2H3,(H,17,18)(H,19,20). The van der Waals surface area contributed by atoms with Crippen LogP contribution in [0.1, 0.15) is 24.3 Å². The number of hydrogen-bond acceptors (Lipinski definition) is 5. The summed E-state index contributed by atoms with van der Waals surface area (Å²) in [6, 6.07) is 3.23. The predicted octanol–water partition coefficient (Wildman–Crippen LogP) is 0.858. The second-order valence-electron chi connectivity index (χ2n) is 4.61. The van der Waals surface area contributed by atoms with Gasteiger partial charge in [-0.1, -0.05) is 5.21 Å². The van der Waals surface area contributed by atoms with Crippen molar-refractivity contribution < 1.29 is 19.8 Å². The molecule has 2 heterocycles. The molecule has 2 aromatic heterocycles. The highest BCUT2D eigenvalue weighted by Gasteiger charge is 2.35. The molecule has 0 saturated heterocycles. The average Bonchev–Trinajstić information content (AvgIpc) is 2.85. The number of pyridine rings is 1. The Bertz CT molecular complexity index is 663. The van der Waals surface area contributed by atoms with Crippen molar-refractivity contribution in [3.05, 3.63) is 30.2 Å². The van der Waals surface area contributed by atoms with Crippen LogP contribution in [0.3, 0.4) is 0 Å². The van der Waals surface area contributed by atoms with Crippen LogP contribution in [0.15, 0.2) is 24.5 Å². The van der Waals surface area contributed by atoms with E-state index >= 15 is 0 Å². The van der Waals surface area contributed by atoms with Gasteiger partial charge in [0, 0.05) is 18.0 Å². The van der Waals surface area contributed by atoms with Gasteiger partial charge in [-0.2, -0.15) is 0 Å². The molecule has 2 N–H and O–H groups in total. The Hall–Kier alpha value is -2.77. The zero-order valence-corrected chi connectivity index (χ0v) is 10.8. The highest BCUT2D eigenvalue weighted by molar-refractivity contribution is 5.93. The third-order valence-corrected chi connectivity index (χ3v) is 2.86. The fourth-order valence-corrected chi connectivity index (χ4v) is 1.67. The van der Waals surface area contributed by atoms with E-state index in [1.54, 1.807) is 12.1 Å². The smallest absolute Gasteiger partial charge is 0.358 e. The molecule has 8 heteroatoms. The van der Waals surface area contributed by atoms with E-state index in [0.29, 0.717) is 5.56 Å². The van der Waals surface area contributed by atoms with Gasteiger partial charge in [-0.3, -0.25) is 4.98 Å². The van der Waals surface area contributed by atoms with E-state index in [1.807, 2.05) is 0 Å². The summed E-state index contributed by atoms with van der Waals surface area (Å²) in [5.41, 5.74) is -1.21. The summed E-state index contributed by atoms with van der Waals surface area (Å²) < 4.78 is 1.08. The summed E-state index contributed by atoms with van der Waals surface area (Å²) >= 11 is 0.